The van der Waals surface area contributed by atoms with Crippen molar-refractivity contribution in [3.63, 3.8) is 0 Å². The Bertz CT molecular complexity index is 778. The number of anilines is 1. The SMILES string of the molecule is CC(C)C(=O)Nc1ccc2c(c1)C(=O)N(C)[C@@H]1CC[C@@H](CC(=O)O)O[C@@H]1CO2. The Kier molecular flexibility index (Phi) is 5.88. The molecule has 0 radical (unpaired) electrons. The van der Waals surface area contributed by atoms with E-state index in [9.17, 15) is 14.4 Å². The Morgan fingerprint density at radius 1 is 1.32 bits per heavy atom. The molecule has 28 heavy (non-hydrogen) atoms. The van der Waals surface area contributed by atoms with Crippen molar-refractivity contribution in [2.24, 2.45) is 5.92 Å². The van der Waals surface area contributed by atoms with Crippen LogP contribution in [0.1, 0.15) is 43.5 Å². The van der Waals surface area contributed by atoms with E-state index in [4.69, 9.17) is 14.6 Å². The third-order valence-electron chi connectivity index (χ3n) is 5.21. The number of rotatable bonds is 4. The summed E-state index contributed by atoms with van der Waals surface area (Å²) in [6.45, 7) is 3.82. The molecular formula is C20H26N2O6. The minimum Gasteiger partial charge on any atom is -0.490 e. The minimum atomic E-state index is -0.902. The van der Waals surface area contributed by atoms with Gasteiger partial charge in [-0.3, -0.25) is 14.4 Å². The molecule has 1 fully saturated rings. The average Bonchev–Trinajstić information content (AvgIpc) is 2.64. The summed E-state index contributed by atoms with van der Waals surface area (Å²) in [5, 5.41) is 11.8. The van der Waals surface area contributed by atoms with Gasteiger partial charge in [-0.1, -0.05) is 13.8 Å². The van der Waals surface area contributed by atoms with Gasteiger partial charge >= 0.3 is 5.97 Å². The molecular weight excluding hydrogens is 364 g/mol. The summed E-state index contributed by atoms with van der Waals surface area (Å²) in [4.78, 5) is 37.6. The van der Waals surface area contributed by atoms with Crippen molar-refractivity contribution >= 4 is 23.5 Å². The molecule has 8 heteroatoms. The molecule has 0 unspecified atom stereocenters. The lowest BCUT2D eigenvalue weighted by Gasteiger charge is -2.42. The first kappa shape index (κ1) is 20.1. The molecule has 0 spiro atoms. The fourth-order valence-corrected chi connectivity index (χ4v) is 3.59. The third-order valence-corrected chi connectivity index (χ3v) is 5.21. The van der Waals surface area contributed by atoms with Crippen LogP contribution in [0, 0.1) is 5.92 Å². The summed E-state index contributed by atoms with van der Waals surface area (Å²) in [5.41, 5.74) is 0.927. The summed E-state index contributed by atoms with van der Waals surface area (Å²) in [6, 6.07) is 4.79. The Balaban J connectivity index is 1.82. The van der Waals surface area contributed by atoms with Gasteiger partial charge in [-0.2, -0.15) is 0 Å². The quantitative estimate of drug-likeness (QED) is 0.816. The third kappa shape index (κ3) is 4.27. The standard InChI is InChI=1S/C20H26N2O6/c1-11(2)19(25)21-12-4-7-16-14(8-12)20(26)22(3)15-6-5-13(9-18(23)24)28-17(15)10-27-16/h4,7-8,11,13,15,17H,5-6,9-10H2,1-3H3,(H,21,25)(H,23,24)/t13-,15+,17+/m0/s1. The molecule has 152 valence electrons. The molecule has 2 amide bonds. The highest BCUT2D eigenvalue weighted by Crippen LogP contribution is 2.32. The second-order valence-electron chi connectivity index (χ2n) is 7.62. The van der Waals surface area contributed by atoms with E-state index in [0.717, 1.165) is 0 Å². The van der Waals surface area contributed by atoms with Crippen LogP contribution in [0.15, 0.2) is 18.2 Å². The molecule has 0 aliphatic carbocycles. The Hall–Kier alpha value is -2.61. The van der Waals surface area contributed by atoms with Crippen LogP contribution in [-0.2, 0) is 14.3 Å². The molecule has 8 nitrogen and oxygen atoms in total. The number of hydrogen-bond acceptors (Lipinski definition) is 5. The van der Waals surface area contributed by atoms with Crippen molar-refractivity contribution in [3.05, 3.63) is 23.8 Å². The van der Waals surface area contributed by atoms with E-state index < -0.39 is 5.97 Å². The monoisotopic (exact) mass is 390 g/mol. The van der Waals surface area contributed by atoms with Crippen LogP contribution in [0.2, 0.25) is 0 Å². The molecule has 1 aromatic carbocycles. The van der Waals surface area contributed by atoms with Gasteiger partial charge in [0, 0.05) is 18.7 Å². The highest BCUT2D eigenvalue weighted by Gasteiger charge is 2.39. The highest BCUT2D eigenvalue weighted by molar-refractivity contribution is 6.00. The maximum Gasteiger partial charge on any atom is 0.305 e. The number of carboxylic acids is 1. The van der Waals surface area contributed by atoms with E-state index in [2.05, 4.69) is 5.32 Å². The van der Waals surface area contributed by atoms with Gasteiger partial charge in [0.25, 0.3) is 5.91 Å². The van der Waals surface area contributed by atoms with Crippen LogP contribution < -0.4 is 10.1 Å². The Labute approximate surface area is 163 Å². The number of hydrogen-bond donors (Lipinski definition) is 2. The van der Waals surface area contributed by atoms with Crippen LogP contribution in [0.3, 0.4) is 0 Å². The first-order valence-electron chi connectivity index (χ1n) is 9.48. The zero-order chi connectivity index (χ0) is 20.4. The predicted octanol–water partition coefficient (Wildman–Crippen LogP) is 2.14. The van der Waals surface area contributed by atoms with Crippen LogP contribution in [0.5, 0.6) is 5.75 Å². The number of ether oxygens (including phenoxy) is 2. The topological polar surface area (TPSA) is 105 Å². The largest absolute Gasteiger partial charge is 0.490 e. The number of amides is 2. The fraction of sp³-hybridized carbons (Fsp3) is 0.550. The van der Waals surface area contributed by atoms with E-state index in [-0.39, 0.29) is 49.0 Å². The van der Waals surface area contributed by atoms with E-state index >= 15 is 0 Å². The zero-order valence-corrected chi connectivity index (χ0v) is 16.3. The van der Waals surface area contributed by atoms with Crippen molar-refractivity contribution in [1.29, 1.82) is 0 Å². The first-order chi connectivity index (χ1) is 13.3. The number of nitrogens with zero attached hydrogens (tertiary/aromatic N) is 1. The van der Waals surface area contributed by atoms with E-state index in [1.54, 1.807) is 44.0 Å². The van der Waals surface area contributed by atoms with Gasteiger partial charge in [0.15, 0.2) is 0 Å². The van der Waals surface area contributed by atoms with E-state index in [1.807, 2.05) is 0 Å². The molecule has 3 rings (SSSR count). The normalized spacial score (nSPS) is 24.5. The van der Waals surface area contributed by atoms with Crippen molar-refractivity contribution < 1.29 is 29.0 Å². The Morgan fingerprint density at radius 3 is 2.75 bits per heavy atom. The molecule has 1 saturated heterocycles. The van der Waals surface area contributed by atoms with Crippen LogP contribution >= 0.6 is 0 Å². The van der Waals surface area contributed by atoms with Gasteiger partial charge in [0.2, 0.25) is 5.91 Å². The number of carbonyl (C=O) groups is 3. The van der Waals surface area contributed by atoms with Gasteiger partial charge in [-0.25, -0.2) is 0 Å². The van der Waals surface area contributed by atoms with Crippen molar-refractivity contribution in [3.8, 4) is 5.75 Å². The van der Waals surface area contributed by atoms with Crippen LogP contribution in [0.25, 0.3) is 0 Å². The van der Waals surface area contributed by atoms with Gasteiger partial charge in [0.1, 0.15) is 18.5 Å². The van der Waals surface area contributed by atoms with Crippen LogP contribution in [0.4, 0.5) is 5.69 Å². The molecule has 0 bridgehead atoms. The van der Waals surface area contributed by atoms with Crippen molar-refractivity contribution in [1.82, 2.24) is 4.90 Å². The predicted molar refractivity (Wildman–Crippen MR) is 101 cm³/mol. The van der Waals surface area contributed by atoms with Gasteiger partial charge in [-0.05, 0) is 31.0 Å². The summed E-state index contributed by atoms with van der Waals surface area (Å²) in [7, 11) is 1.72. The number of carbonyl (C=O) groups excluding carboxylic acids is 2. The summed E-state index contributed by atoms with van der Waals surface area (Å²) in [6.07, 6.45) is 0.394. The molecule has 2 N–H and O–H groups in total. The zero-order valence-electron chi connectivity index (χ0n) is 16.3. The molecule has 1 aromatic rings. The number of benzene rings is 1. The second kappa shape index (κ2) is 8.18. The van der Waals surface area contributed by atoms with Crippen molar-refractivity contribution in [2.75, 3.05) is 19.0 Å². The lowest BCUT2D eigenvalue weighted by molar-refractivity contribution is -0.148. The molecule has 2 aliphatic heterocycles. The fourth-order valence-electron chi connectivity index (χ4n) is 3.59. The lowest BCUT2D eigenvalue weighted by atomic mass is 9.94. The van der Waals surface area contributed by atoms with E-state index in [1.165, 1.54) is 0 Å². The minimum absolute atomic E-state index is 0.0591. The molecule has 2 heterocycles. The molecule has 0 saturated carbocycles. The van der Waals surface area contributed by atoms with Crippen molar-refractivity contribution in [2.45, 2.75) is 51.4 Å². The maximum atomic E-state index is 13.1. The number of carboxylic acid groups (broad SMARTS) is 1. The Morgan fingerprint density at radius 2 is 2.07 bits per heavy atom. The second-order valence-corrected chi connectivity index (χ2v) is 7.62. The average molecular weight is 390 g/mol. The first-order valence-corrected chi connectivity index (χ1v) is 9.48. The number of aliphatic carboxylic acids is 1. The number of fused-ring (bicyclic) bond motifs is 2. The maximum absolute atomic E-state index is 13.1. The lowest BCUT2D eigenvalue weighted by Crippen LogP contribution is -2.53. The summed E-state index contributed by atoms with van der Waals surface area (Å²) in [5.74, 6) is -0.998. The molecule has 0 aromatic heterocycles. The van der Waals surface area contributed by atoms with Gasteiger partial charge < -0.3 is 24.8 Å². The summed E-state index contributed by atoms with van der Waals surface area (Å²) < 4.78 is 11.8. The number of nitrogens with one attached hydrogen (secondary N) is 1. The van der Waals surface area contributed by atoms with Gasteiger partial charge in [-0.15, -0.1) is 0 Å². The van der Waals surface area contributed by atoms with Gasteiger partial charge in [0.05, 0.1) is 24.1 Å². The molecule has 2 aliphatic rings. The number of likely N-dealkylation sites (N-methyl/N-ethyl adjacent to an activating group) is 1. The molecule has 3 atom stereocenters. The van der Waals surface area contributed by atoms with E-state index in [0.29, 0.717) is 29.8 Å². The smallest absolute Gasteiger partial charge is 0.305 e. The highest BCUT2D eigenvalue weighted by atomic mass is 16.5. The summed E-state index contributed by atoms with van der Waals surface area (Å²) >= 11 is 0. The van der Waals surface area contributed by atoms with Crippen LogP contribution in [-0.4, -0.2) is 59.7 Å².